The average Bonchev–Trinajstić information content (AvgIpc) is 3.46. The van der Waals surface area contributed by atoms with Gasteiger partial charge in [-0.25, -0.2) is 9.78 Å². The predicted octanol–water partition coefficient (Wildman–Crippen LogP) is 4.29. The molecule has 0 saturated heterocycles. The number of carbonyl (C=O) groups is 1. The Morgan fingerprint density at radius 2 is 2.06 bits per heavy atom. The maximum atomic E-state index is 11.8. The number of H-pyrrole nitrogens is 1. The monoisotopic (exact) mass is 469 g/mol. The second-order valence-electron chi connectivity index (χ2n) is 7.12. The zero-order chi connectivity index (χ0) is 23.2. The summed E-state index contributed by atoms with van der Waals surface area (Å²) in [5.41, 5.74) is 1.57. The van der Waals surface area contributed by atoms with E-state index in [2.05, 4.69) is 15.2 Å². The lowest BCUT2D eigenvalue weighted by atomic mass is 10.2. The molecule has 1 aliphatic rings. The van der Waals surface area contributed by atoms with Crippen molar-refractivity contribution in [3.05, 3.63) is 58.3 Å². The summed E-state index contributed by atoms with van der Waals surface area (Å²) in [5, 5.41) is 16.9. The molecule has 1 aromatic heterocycles. The number of hydrogen-bond acceptors (Lipinski definition) is 8. The fourth-order valence-electron chi connectivity index (χ4n) is 3.14. The van der Waals surface area contributed by atoms with Crippen molar-refractivity contribution in [3.8, 4) is 23.0 Å². The number of hydrogen-bond donors (Lipinski definition) is 2. The number of nitrogens with zero attached hydrogens (tertiary/aromatic N) is 2. The molecule has 4 rings (SSSR count). The Morgan fingerprint density at radius 1 is 1.21 bits per heavy atom. The van der Waals surface area contributed by atoms with Gasteiger partial charge in [0.25, 0.3) is 0 Å². The van der Waals surface area contributed by atoms with Gasteiger partial charge >= 0.3 is 5.97 Å². The molecular formula is C23H23N3O6S. The van der Waals surface area contributed by atoms with Crippen molar-refractivity contribution in [2.75, 3.05) is 13.9 Å². The number of aromatic nitrogens is 3. The van der Waals surface area contributed by atoms with Crippen LogP contribution in [0.15, 0.2) is 46.5 Å². The topological polar surface area (TPSA) is 116 Å². The number of benzene rings is 2. The Kier molecular flexibility index (Phi) is 7.04. The number of thioether (sulfide) groups is 1. The van der Waals surface area contributed by atoms with E-state index >= 15 is 0 Å². The lowest BCUT2D eigenvalue weighted by molar-refractivity contribution is -0.131. The fraction of sp³-hybridized carbons (Fsp3) is 0.261. The summed E-state index contributed by atoms with van der Waals surface area (Å²) in [6.07, 6.45) is 3.22. The Balaban J connectivity index is 1.48. The lowest BCUT2D eigenvalue weighted by Crippen LogP contribution is -1.99. The summed E-state index contributed by atoms with van der Waals surface area (Å²) >= 11 is 0.987. The predicted molar refractivity (Wildman–Crippen MR) is 122 cm³/mol. The number of aliphatic carboxylic acids is 1. The third-order valence-corrected chi connectivity index (χ3v) is 5.60. The molecule has 0 radical (unpaired) electrons. The summed E-state index contributed by atoms with van der Waals surface area (Å²) in [7, 11) is 1.53. The Bertz CT molecular complexity index is 1180. The second kappa shape index (κ2) is 10.3. The first-order chi connectivity index (χ1) is 16.1. The highest BCUT2D eigenvalue weighted by Gasteiger charge is 2.16. The highest BCUT2D eigenvalue weighted by atomic mass is 32.2. The Morgan fingerprint density at radius 3 is 2.85 bits per heavy atom. The van der Waals surface area contributed by atoms with Crippen molar-refractivity contribution in [2.24, 2.45) is 0 Å². The largest absolute Gasteiger partial charge is 0.493 e. The van der Waals surface area contributed by atoms with Crippen LogP contribution in [0.5, 0.6) is 23.0 Å². The molecule has 0 bridgehead atoms. The van der Waals surface area contributed by atoms with Crippen molar-refractivity contribution >= 4 is 23.8 Å². The van der Waals surface area contributed by atoms with Crippen LogP contribution < -0.4 is 18.9 Å². The first-order valence-electron chi connectivity index (χ1n) is 10.3. The summed E-state index contributed by atoms with van der Waals surface area (Å²) in [4.78, 5) is 16.2. The number of aromatic amines is 1. The Labute approximate surface area is 194 Å². The van der Waals surface area contributed by atoms with Crippen LogP contribution in [-0.4, -0.2) is 40.2 Å². The Hall–Kier alpha value is -3.66. The molecule has 10 heteroatoms. The first kappa shape index (κ1) is 22.5. The van der Waals surface area contributed by atoms with Crippen LogP contribution in [-0.2, 0) is 17.8 Å². The van der Waals surface area contributed by atoms with Crippen LogP contribution in [0, 0.1) is 0 Å². The van der Waals surface area contributed by atoms with Crippen LogP contribution >= 0.6 is 11.8 Å². The summed E-state index contributed by atoms with van der Waals surface area (Å²) < 4.78 is 22.1. The van der Waals surface area contributed by atoms with Gasteiger partial charge in [-0.2, -0.15) is 0 Å². The van der Waals surface area contributed by atoms with Gasteiger partial charge in [-0.3, -0.25) is 5.10 Å². The molecule has 0 atom stereocenters. The minimum absolute atomic E-state index is 0.0909. The van der Waals surface area contributed by atoms with Gasteiger partial charge in [-0.1, -0.05) is 19.1 Å². The molecule has 2 heterocycles. The third-order valence-electron chi connectivity index (χ3n) is 4.73. The zero-order valence-electron chi connectivity index (χ0n) is 18.2. The number of methoxy groups -OCH3 is 1. The standard InChI is InChI=1S/C23H23N3O6S/c1-3-4-21-24-23(26-25-21)33-20(22(27)28)11-14-5-7-16(18(9-14)29-2)30-12-15-6-8-17-19(10-15)32-13-31-17/h5-11H,3-4,12-13H2,1-2H3,(H,27,28)(H,24,25,26)/b20-11-. The average molecular weight is 470 g/mol. The molecule has 2 aromatic carbocycles. The second-order valence-corrected chi connectivity index (χ2v) is 8.13. The summed E-state index contributed by atoms with van der Waals surface area (Å²) in [5.74, 6) is 2.10. The van der Waals surface area contributed by atoms with E-state index in [9.17, 15) is 9.90 Å². The van der Waals surface area contributed by atoms with Crippen molar-refractivity contribution in [1.82, 2.24) is 15.2 Å². The van der Waals surface area contributed by atoms with Crippen molar-refractivity contribution < 1.29 is 28.8 Å². The number of ether oxygens (including phenoxy) is 4. The van der Waals surface area contributed by atoms with E-state index in [0.717, 1.165) is 36.0 Å². The third kappa shape index (κ3) is 5.58. The number of carboxylic acids is 1. The van der Waals surface area contributed by atoms with Crippen LogP contribution in [0.3, 0.4) is 0 Å². The molecule has 0 spiro atoms. The van der Waals surface area contributed by atoms with E-state index in [1.165, 1.54) is 7.11 Å². The molecule has 0 saturated carbocycles. The van der Waals surface area contributed by atoms with Gasteiger partial charge in [0.05, 0.1) is 7.11 Å². The zero-order valence-corrected chi connectivity index (χ0v) is 19.0. The van der Waals surface area contributed by atoms with E-state index in [-0.39, 0.29) is 11.7 Å². The minimum atomic E-state index is -1.07. The number of fused-ring (bicyclic) bond motifs is 1. The number of rotatable bonds is 10. The number of carboxylic acid groups (broad SMARTS) is 1. The molecule has 9 nitrogen and oxygen atoms in total. The first-order valence-corrected chi connectivity index (χ1v) is 11.1. The van der Waals surface area contributed by atoms with E-state index < -0.39 is 5.97 Å². The van der Waals surface area contributed by atoms with Gasteiger partial charge in [0.15, 0.2) is 23.0 Å². The molecule has 33 heavy (non-hydrogen) atoms. The fourth-order valence-corrected chi connectivity index (χ4v) is 3.87. The van der Waals surface area contributed by atoms with Gasteiger partial charge in [0.1, 0.15) is 17.3 Å². The molecule has 1 aliphatic heterocycles. The number of aryl methyl sites for hydroxylation is 1. The van der Waals surface area contributed by atoms with Crippen molar-refractivity contribution in [1.29, 1.82) is 0 Å². The van der Waals surface area contributed by atoms with Gasteiger partial charge in [0.2, 0.25) is 11.9 Å². The SMILES string of the molecule is CCCc1nc(S/C(=C\c2ccc(OCc3ccc4c(c3)OCO4)c(OC)c2)C(=O)O)n[nH]1. The van der Waals surface area contributed by atoms with E-state index in [4.69, 9.17) is 18.9 Å². The number of nitrogens with one attached hydrogen (secondary N) is 1. The summed E-state index contributed by atoms with van der Waals surface area (Å²) in [6.45, 7) is 2.56. The molecule has 2 N–H and O–H groups in total. The highest BCUT2D eigenvalue weighted by molar-refractivity contribution is 8.04. The molecule has 172 valence electrons. The maximum absolute atomic E-state index is 11.8. The van der Waals surface area contributed by atoms with Crippen molar-refractivity contribution in [2.45, 2.75) is 31.5 Å². The molecule has 0 aliphatic carbocycles. The van der Waals surface area contributed by atoms with Gasteiger partial charge in [-0.05, 0) is 59.7 Å². The van der Waals surface area contributed by atoms with Crippen LogP contribution in [0.1, 0.15) is 30.3 Å². The smallest absolute Gasteiger partial charge is 0.342 e. The van der Waals surface area contributed by atoms with Gasteiger partial charge in [-0.15, -0.1) is 5.10 Å². The lowest BCUT2D eigenvalue weighted by Gasteiger charge is -2.12. The molecular weight excluding hydrogens is 446 g/mol. The van der Waals surface area contributed by atoms with Crippen LogP contribution in [0.25, 0.3) is 6.08 Å². The molecule has 0 amide bonds. The minimum Gasteiger partial charge on any atom is -0.493 e. The van der Waals surface area contributed by atoms with E-state index in [1.54, 1.807) is 24.3 Å². The van der Waals surface area contributed by atoms with E-state index in [0.29, 0.717) is 40.3 Å². The molecule has 0 unspecified atom stereocenters. The highest BCUT2D eigenvalue weighted by Crippen LogP contribution is 2.34. The van der Waals surface area contributed by atoms with Crippen LogP contribution in [0.2, 0.25) is 0 Å². The van der Waals surface area contributed by atoms with Gasteiger partial charge < -0.3 is 24.1 Å². The van der Waals surface area contributed by atoms with E-state index in [1.807, 2.05) is 25.1 Å². The molecule has 0 fully saturated rings. The van der Waals surface area contributed by atoms with Gasteiger partial charge in [0, 0.05) is 6.42 Å². The maximum Gasteiger partial charge on any atom is 0.342 e. The normalized spacial score (nSPS) is 12.6. The quantitative estimate of drug-likeness (QED) is 0.331. The summed E-state index contributed by atoms with van der Waals surface area (Å²) in [6, 6.07) is 10.9. The molecule has 3 aromatic rings. The van der Waals surface area contributed by atoms with Crippen molar-refractivity contribution in [3.63, 3.8) is 0 Å². The van der Waals surface area contributed by atoms with Crippen LogP contribution in [0.4, 0.5) is 0 Å².